The number of aryl methyl sites for hydroxylation is 2. The molecule has 0 aliphatic rings. The second-order valence-corrected chi connectivity index (χ2v) is 6.82. The maximum Gasteiger partial charge on any atom is 0.224 e. The second-order valence-electron chi connectivity index (χ2n) is 6.82. The Labute approximate surface area is 190 Å². The fourth-order valence-corrected chi connectivity index (χ4v) is 2.96. The molecule has 0 aliphatic carbocycles. The van der Waals surface area contributed by atoms with Gasteiger partial charge in [-0.2, -0.15) is 5.10 Å². The van der Waals surface area contributed by atoms with Gasteiger partial charge in [-0.15, -0.1) is 24.0 Å². The summed E-state index contributed by atoms with van der Waals surface area (Å²) in [7, 11) is 1.96. The maximum atomic E-state index is 11.8. The summed E-state index contributed by atoms with van der Waals surface area (Å²) in [5.41, 5.74) is 5.22. The van der Waals surface area contributed by atoms with Crippen molar-refractivity contribution in [2.75, 3.05) is 11.9 Å². The average Bonchev–Trinajstić information content (AvgIpc) is 2.90. The molecule has 160 valence electrons. The number of hydrogen-bond donors (Lipinski definition) is 3. The molecule has 0 spiro atoms. The monoisotopic (exact) mass is 512 g/mol. The molecule has 29 heavy (non-hydrogen) atoms. The summed E-state index contributed by atoms with van der Waals surface area (Å²) in [6, 6.07) is 7.82. The number of carbonyl (C=O) groups excluding carboxylic acids is 1. The van der Waals surface area contributed by atoms with Gasteiger partial charge in [-0.3, -0.25) is 9.48 Å². The number of carbonyl (C=O) groups is 1. The van der Waals surface area contributed by atoms with Crippen LogP contribution in [0.1, 0.15) is 49.2 Å². The minimum absolute atomic E-state index is 0. The van der Waals surface area contributed by atoms with Crippen LogP contribution in [0.2, 0.25) is 0 Å². The second kappa shape index (κ2) is 12.5. The summed E-state index contributed by atoms with van der Waals surface area (Å²) in [6.45, 7) is 10.1. The van der Waals surface area contributed by atoms with E-state index in [9.17, 15) is 4.79 Å². The number of aliphatic imine (C=N–C) groups is 1. The third-order valence-electron chi connectivity index (χ3n) is 4.54. The number of guanidine groups is 1. The Kier molecular flexibility index (Phi) is 10.7. The van der Waals surface area contributed by atoms with Gasteiger partial charge in [0.15, 0.2) is 5.96 Å². The molecule has 2 rings (SSSR count). The molecular formula is C21H33IN6O. The molecule has 1 aromatic carbocycles. The molecular weight excluding hydrogens is 479 g/mol. The fraction of sp³-hybridized carbons (Fsp3) is 0.476. The van der Waals surface area contributed by atoms with Crippen LogP contribution in [-0.2, 0) is 24.9 Å². The average molecular weight is 512 g/mol. The van der Waals surface area contributed by atoms with Crippen LogP contribution in [0.15, 0.2) is 29.3 Å². The number of amides is 1. The zero-order chi connectivity index (χ0) is 20.5. The minimum Gasteiger partial charge on any atom is -0.357 e. The van der Waals surface area contributed by atoms with Crippen LogP contribution in [-0.4, -0.2) is 28.2 Å². The molecule has 0 saturated carbocycles. The number of halogens is 1. The van der Waals surface area contributed by atoms with Crippen LogP contribution in [0.4, 0.5) is 5.69 Å². The summed E-state index contributed by atoms with van der Waals surface area (Å²) < 4.78 is 1.90. The predicted octanol–water partition coefficient (Wildman–Crippen LogP) is 3.65. The normalized spacial score (nSPS) is 11.0. The standard InChI is InChI=1S/C21H32N6O.HI/c1-6-9-20(28)25-18-11-8-10-17(12-18)13-23-21(22-7-2)24-14-19-15(3)26-27(5)16(19)4;/h8,10-12H,6-7,9,13-14H2,1-5H3,(H,25,28)(H2,22,23,24);1H. The van der Waals surface area contributed by atoms with Crippen LogP contribution in [0.3, 0.4) is 0 Å². The third-order valence-corrected chi connectivity index (χ3v) is 4.54. The molecule has 7 nitrogen and oxygen atoms in total. The first-order chi connectivity index (χ1) is 13.4. The zero-order valence-corrected chi connectivity index (χ0v) is 20.3. The Balaban J connectivity index is 0.00000420. The van der Waals surface area contributed by atoms with Gasteiger partial charge in [0.2, 0.25) is 5.91 Å². The summed E-state index contributed by atoms with van der Waals surface area (Å²) in [4.78, 5) is 16.5. The van der Waals surface area contributed by atoms with E-state index in [4.69, 9.17) is 0 Å². The van der Waals surface area contributed by atoms with Crippen LogP contribution in [0, 0.1) is 13.8 Å². The lowest BCUT2D eigenvalue weighted by molar-refractivity contribution is -0.116. The van der Waals surface area contributed by atoms with Gasteiger partial charge in [0.25, 0.3) is 0 Å². The third kappa shape index (κ3) is 7.68. The summed E-state index contributed by atoms with van der Waals surface area (Å²) in [6.07, 6.45) is 1.37. The lowest BCUT2D eigenvalue weighted by Gasteiger charge is -2.12. The fourth-order valence-electron chi connectivity index (χ4n) is 2.96. The van der Waals surface area contributed by atoms with Gasteiger partial charge in [0.1, 0.15) is 0 Å². The molecule has 8 heteroatoms. The first kappa shape index (κ1) is 24.9. The van der Waals surface area contributed by atoms with Crippen LogP contribution in [0.25, 0.3) is 0 Å². The van der Waals surface area contributed by atoms with E-state index >= 15 is 0 Å². The van der Waals surface area contributed by atoms with Crippen molar-refractivity contribution in [3.8, 4) is 0 Å². The van der Waals surface area contributed by atoms with Gasteiger partial charge in [0, 0.05) is 43.5 Å². The van der Waals surface area contributed by atoms with E-state index in [1.54, 1.807) is 0 Å². The Morgan fingerprint density at radius 1 is 1.21 bits per heavy atom. The topological polar surface area (TPSA) is 83.3 Å². The molecule has 0 fully saturated rings. The predicted molar refractivity (Wildman–Crippen MR) is 130 cm³/mol. The van der Waals surface area contributed by atoms with Crippen molar-refractivity contribution in [3.05, 3.63) is 46.8 Å². The Hall–Kier alpha value is -2.10. The van der Waals surface area contributed by atoms with Crippen molar-refractivity contribution in [1.29, 1.82) is 0 Å². The Morgan fingerprint density at radius 2 is 1.97 bits per heavy atom. The molecule has 1 heterocycles. The quantitative estimate of drug-likeness (QED) is 0.287. The molecule has 0 bridgehead atoms. The molecule has 0 radical (unpaired) electrons. The van der Waals surface area contributed by atoms with Crippen molar-refractivity contribution >= 4 is 41.5 Å². The van der Waals surface area contributed by atoms with E-state index in [-0.39, 0.29) is 29.9 Å². The van der Waals surface area contributed by atoms with Gasteiger partial charge in [-0.1, -0.05) is 19.1 Å². The highest BCUT2D eigenvalue weighted by atomic mass is 127. The smallest absolute Gasteiger partial charge is 0.224 e. The number of anilines is 1. The van der Waals surface area contributed by atoms with Crippen LogP contribution < -0.4 is 16.0 Å². The van der Waals surface area contributed by atoms with Gasteiger partial charge in [-0.05, 0) is 44.9 Å². The van der Waals surface area contributed by atoms with Crippen molar-refractivity contribution in [2.24, 2.45) is 12.0 Å². The molecule has 1 amide bonds. The largest absolute Gasteiger partial charge is 0.357 e. The van der Waals surface area contributed by atoms with Gasteiger partial charge >= 0.3 is 0 Å². The number of aromatic nitrogens is 2. The van der Waals surface area contributed by atoms with Gasteiger partial charge in [-0.25, -0.2) is 4.99 Å². The highest BCUT2D eigenvalue weighted by Gasteiger charge is 2.09. The van der Waals surface area contributed by atoms with E-state index in [0.717, 1.165) is 41.6 Å². The van der Waals surface area contributed by atoms with Crippen LogP contribution in [0.5, 0.6) is 0 Å². The minimum atomic E-state index is 0. The number of nitrogens with one attached hydrogen (secondary N) is 3. The van der Waals surface area contributed by atoms with Crippen molar-refractivity contribution in [1.82, 2.24) is 20.4 Å². The zero-order valence-electron chi connectivity index (χ0n) is 18.0. The molecule has 0 unspecified atom stereocenters. The molecule has 0 atom stereocenters. The SMILES string of the molecule is CCCC(=O)Nc1cccc(CN=C(NCC)NCc2c(C)nn(C)c2C)c1.I. The van der Waals surface area contributed by atoms with Gasteiger partial charge in [0.05, 0.1) is 12.2 Å². The van der Waals surface area contributed by atoms with E-state index in [2.05, 4.69) is 33.0 Å². The lowest BCUT2D eigenvalue weighted by atomic mass is 10.2. The van der Waals surface area contributed by atoms with E-state index in [1.807, 2.05) is 56.8 Å². The van der Waals surface area contributed by atoms with Crippen molar-refractivity contribution in [2.45, 2.75) is 53.6 Å². The molecule has 3 N–H and O–H groups in total. The Bertz CT molecular complexity index is 831. The summed E-state index contributed by atoms with van der Waals surface area (Å²) in [5.74, 6) is 0.797. The highest BCUT2D eigenvalue weighted by molar-refractivity contribution is 14.0. The van der Waals surface area contributed by atoms with E-state index in [0.29, 0.717) is 19.5 Å². The number of nitrogens with zero attached hydrogens (tertiary/aromatic N) is 3. The Morgan fingerprint density at radius 3 is 2.59 bits per heavy atom. The van der Waals surface area contributed by atoms with E-state index < -0.39 is 0 Å². The molecule has 0 saturated heterocycles. The number of rotatable bonds is 8. The van der Waals surface area contributed by atoms with Crippen molar-refractivity contribution in [3.63, 3.8) is 0 Å². The van der Waals surface area contributed by atoms with Crippen molar-refractivity contribution < 1.29 is 4.79 Å². The number of benzene rings is 1. The molecule has 2 aromatic rings. The maximum absolute atomic E-state index is 11.8. The first-order valence-electron chi connectivity index (χ1n) is 9.84. The summed E-state index contributed by atoms with van der Waals surface area (Å²) in [5, 5.41) is 14.0. The number of hydrogen-bond acceptors (Lipinski definition) is 3. The molecule has 1 aromatic heterocycles. The van der Waals surface area contributed by atoms with E-state index in [1.165, 1.54) is 5.56 Å². The van der Waals surface area contributed by atoms with Gasteiger partial charge < -0.3 is 16.0 Å². The molecule has 0 aliphatic heterocycles. The lowest BCUT2D eigenvalue weighted by Crippen LogP contribution is -2.37. The van der Waals surface area contributed by atoms with Crippen LogP contribution >= 0.6 is 24.0 Å². The highest BCUT2D eigenvalue weighted by Crippen LogP contribution is 2.13. The summed E-state index contributed by atoms with van der Waals surface area (Å²) >= 11 is 0. The first-order valence-corrected chi connectivity index (χ1v) is 9.84.